The van der Waals surface area contributed by atoms with E-state index >= 15 is 0 Å². The van der Waals surface area contributed by atoms with Gasteiger partial charge in [-0.15, -0.1) is 0 Å². The summed E-state index contributed by atoms with van der Waals surface area (Å²) in [6.07, 6.45) is -0.0566. The van der Waals surface area contributed by atoms with E-state index in [9.17, 15) is 18.8 Å². The van der Waals surface area contributed by atoms with Crippen LogP contribution in [0.1, 0.15) is 20.3 Å². The fourth-order valence-corrected chi connectivity index (χ4v) is 2.39. The first-order valence-corrected chi connectivity index (χ1v) is 7.39. The van der Waals surface area contributed by atoms with E-state index in [1.54, 1.807) is 19.9 Å². The Kier molecular flexibility index (Phi) is 5.31. The molecule has 0 aromatic heterocycles. The third kappa shape index (κ3) is 4.28. The first-order valence-electron chi connectivity index (χ1n) is 7.39. The first-order chi connectivity index (χ1) is 10.9. The minimum atomic E-state index is -0.700. The molecule has 2 amide bonds. The van der Waals surface area contributed by atoms with Crippen molar-refractivity contribution in [2.75, 3.05) is 18.1 Å². The Morgan fingerprint density at radius 2 is 2.09 bits per heavy atom. The van der Waals surface area contributed by atoms with Gasteiger partial charge in [0.2, 0.25) is 5.91 Å². The number of carbonyl (C=O) groups is 3. The summed E-state index contributed by atoms with van der Waals surface area (Å²) in [7, 11) is 0. The maximum Gasteiger partial charge on any atom is 0.311 e. The van der Waals surface area contributed by atoms with Crippen LogP contribution in [0.2, 0.25) is 0 Å². The van der Waals surface area contributed by atoms with Crippen LogP contribution in [0.5, 0.6) is 0 Å². The summed E-state index contributed by atoms with van der Waals surface area (Å²) in [5.74, 6) is -2.59. The first kappa shape index (κ1) is 16.9. The highest BCUT2D eigenvalue weighted by Gasteiger charge is 2.37. The number of amides is 2. The molecule has 0 aliphatic carbocycles. The van der Waals surface area contributed by atoms with Crippen molar-refractivity contribution in [1.82, 2.24) is 5.32 Å². The standard InChI is InChI=1S/C16H19FN2O4/c1-10(2)18-14(20)9-23-16(22)11-7-15(21)19(8-11)13-6-4-3-5-12(13)17/h3-6,10-11H,7-9H2,1-2H3,(H,18,20)/t11-/m0/s1. The Hall–Kier alpha value is -2.44. The summed E-state index contributed by atoms with van der Waals surface area (Å²) in [5, 5.41) is 2.60. The minimum absolute atomic E-state index is 0.0460. The van der Waals surface area contributed by atoms with Gasteiger partial charge in [0.05, 0.1) is 11.6 Å². The molecule has 1 N–H and O–H groups in total. The van der Waals surface area contributed by atoms with Gasteiger partial charge in [-0.1, -0.05) is 12.1 Å². The number of hydrogen-bond donors (Lipinski definition) is 1. The molecular weight excluding hydrogens is 303 g/mol. The van der Waals surface area contributed by atoms with Crippen molar-refractivity contribution in [3.8, 4) is 0 Å². The molecule has 6 nitrogen and oxygen atoms in total. The lowest BCUT2D eigenvalue weighted by atomic mass is 10.1. The topological polar surface area (TPSA) is 75.7 Å². The number of halogens is 1. The Labute approximate surface area is 133 Å². The number of rotatable bonds is 5. The molecule has 1 aliphatic heterocycles. The van der Waals surface area contributed by atoms with Gasteiger partial charge in [-0.3, -0.25) is 14.4 Å². The number of anilines is 1. The third-order valence-corrected chi connectivity index (χ3v) is 3.40. The molecule has 2 rings (SSSR count). The molecule has 1 aliphatic rings. The zero-order valence-corrected chi connectivity index (χ0v) is 13.0. The maximum atomic E-state index is 13.8. The molecule has 1 aromatic rings. The van der Waals surface area contributed by atoms with Crippen molar-refractivity contribution >= 4 is 23.5 Å². The lowest BCUT2D eigenvalue weighted by Crippen LogP contribution is -2.35. The molecular formula is C16H19FN2O4. The highest BCUT2D eigenvalue weighted by molar-refractivity contribution is 5.99. The number of hydrogen-bond acceptors (Lipinski definition) is 4. The average Bonchev–Trinajstić information content (AvgIpc) is 2.86. The van der Waals surface area contributed by atoms with Crippen LogP contribution in [0.4, 0.5) is 10.1 Å². The van der Waals surface area contributed by atoms with Crippen LogP contribution in [0.3, 0.4) is 0 Å². The van der Waals surface area contributed by atoms with E-state index in [1.165, 1.54) is 23.1 Å². The van der Waals surface area contributed by atoms with Gasteiger partial charge in [-0.05, 0) is 26.0 Å². The van der Waals surface area contributed by atoms with Gasteiger partial charge in [0.1, 0.15) is 5.82 Å². The van der Waals surface area contributed by atoms with E-state index in [0.29, 0.717) is 0 Å². The number of nitrogens with one attached hydrogen (secondary N) is 1. The Balaban J connectivity index is 1.93. The van der Waals surface area contributed by atoms with Crippen molar-refractivity contribution < 1.29 is 23.5 Å². The number of carbonyl (C=O) groups excluding carboxylic acids is 3. The van der Waals surface area contributed by atoms with Crippen LogP contribution < -0.4 is 10.2 Å². The maximum absolute atomic E-state index is 13.8. The molecule has 1 aromatic carbocycles. The van der Waals surface area contributed by atoms with Gasteiger partial charge >= 0.3 is 5.97 Å². The molecule has 1 fully saturated rings. The molecule has 1 heterocycles. The van der Waals surface area contributed by atoms with Crippen LogP contribution >= 0.6 is 0 Å². The molecule has 1 atom stereocenters. The molecule has 1 saturated heterocycles. The summed E-state index contributed by atoms with van der Waals surface area (Å²) < 4.78 is 18.7. The van der Waals surface area contributed by atoms with E-state index < -0.39 is 23.6 Å². The predicted octanol–water partition coefficient (Wildman–Crippen LogP) is 1.25. The summed E-state index contributed by atoms with van der Waals surface area (Å²) in [6, 6.07) is 5.83. The van der Waals surface area contributed by atoms with Gasteiger partial charge < -0.3 is 15.0 Å². The summed E-state index contributed by atoms with van der Waals surface area (Å²) in [4.78, 5) is 36.6. The summed E-state index contributed by atoms with van der Waals surface area (Å²) in [5.41, 5.74) is 0.144. The zero-order valence-electron chi connectivity index (χ0n) is 13.0. The van der Waals surface area contributed by atoms with Crippen molar-refractivity contribution in [2.24, 2.45) is 5.92 Å². The van der Waals surface area contributed by atoms with Crippen molar-refractivity contribution in [2.45, 2.75) is 26.3 Å². The highest BCUT2D eigenvalue weighted by Crippen LogP contribution is 2.27. The molecule has 0 unspecified atom stereocenters. The summed E-state index contributed by atoms with van der Waals surface area (Å²) in [6.45, 7) is 3.25. The zero-order chi connectivity index (χ0) is 17.0. The molecule has 7 heteroatoms. The second kappa shape index (κ2) is 7.21. The van der Waals surface area contributed by atoms with Gasteiger partial charge in [0.15, 0.2) is 6.61 Å². The lowest BCUT2D eigenvalue weighted by molar-refractivity contribution is -0.152. The molecule has 124 valence electrons. The molecule has 0 bridgehead atoms. The van der Waals surface area contributed by atoms with Crippen LogP contribution in [-0.2, 0) is 19.1 Å². The van der Waals surface area contributed by atoms with Gasteiger partial charge in [-0.25, -0.2) is 4.39 Å². The smallest absolute Gasteiger partial charge is 0.311 e. The molecule has 23 heavy (non-hydrogen) atoms. The van der Waals surface area contributed by atoms with Gasteiger partial charge in [-0.2, -0.15) is 0 Å². The average molecular weight is 322 g/mol. The monoisotopic (exact) mass is 322 g/mol. The predicted molar refractivity (Wildman–Crippen MR) is 81.1 cm³/mol. The number of benzene rings is 1. The normalized spacial score (nSPS) is 17.5. The fraction of sp³-hybridized carbons (Fsp3) is 0.438. The van der Waals surface area contributed by atoms with Crippen molar-refractivity contribution in [1.29, 1.82) is 0 Å². The highest BCUT2D eigenvalue weighted by atomic mass is 19.1. The Bertz CT molecular complexity index is 618. The number of ether oxygens (including phenoxy) is 1. The molecule has 0 radical (unpaired) electrons. The van der Waals surface area contributed by atoms with E-state index in [0.717, 1.165) is 0 Å². The number of para-hydroxylation sites is 1. The molecule has 0 spiro atoms. The second-order valence-corrected chi connectivity index (χ2v) is 5.69. The van der Waals surface area contributed by atoms with E-state index in [-0.39, 0.29) is 37.2 Å². The van der Waals surface area contributed by atoms with E-state index in [4.69, 9.17) is 4.74 Å². The SMILES string of the molecule is CC(C)NC(=O)COC(=O)[C@H]1CC(=O)N(c2ccccc2F)C1. The van der Waals surface area contributed by atoms with Gasteiger partial charge in [0, 0.05) is 19.0 Å². The number of nitrogens with zero attached hydrogens (tertiary/aromatic N) is 1. The quantitative estimate of drug-likeness (QED) is 0.828. The molecule has 0 saturated carbocycles. The van der Waals surface area contributed by atoms with Crippen LogP contribution in [0.25, 0.3) is 0 Å². The Morgan fingerprint density at radius 3 is 2.74 bits per heavy atom. The lowest BCUT2D eigenvalue weighted by Gasteiger charge is -2.17. The number of esters is 1. The largest absolute Gasteiger partial charge is 0.455 e. The minimum Gasteiger partial charge on any atom is -0.455 e. The van der Waals surface area contributed by atoms with Crippen LogP contribution in [-0.4, -0.2) is 37.0 Å². The summed E-state index contributed by atoms with van der Waals surface area (Å²) >= 11 is 0. The van der Waals surface area contributed by atoms with Crippen molar-refractivity contribution in [3.05, 3.63) is 30.1 Å². The fourth-order valence-electron chi connectivity index (χ4n) is 2.39. The van der Waals surface area contributed by atoms with E-state index in [1.807, 2.05) is 0 Å². The van der Waals surface area contributed by atoms with E-state index in [2.05, 4.69) is 5.32 Å². The van der Waals surface area contributed by atoms with Crippen LogP contribution in [0, 0.1) is 11.7 Å². The third-order valence-electron chi connectivity index (χ3n) is 3.40. The van der Waals surface area contributed by atoms with Gasteiger partial charge in [0.25, 0.3) is 5.91 Å². The van der Waals surface area contributed by atoms with Crippen LogP contribution in [0.15, 0.2) is 24.3 Å². The Morgan fingerprint density at radius 1 is 1.39 bits per heavy atom. The van der Waals surface area contributed by atoms with Crippen molar-refractivity contribution in [3.63, 3.8) is 0 Å². The second-order valence-electron chi connectivity index (χ2n) is 5.69.